The van der Waals surface area contributed by atoms with Crippen molar-refractivity contribution >= 4 is 40.0 Å². The molecular weight excluding hydrogens is 392 g/mol. The highest BCUT2D eigenvalue weighted by molar-refractivity contribution is 8.00. The van der Waals surface area contributed by atoms with Crippen LogP contribution in [-0.2, 0) is 6.54 Å². The molecule has 0 saturated carbocycles. The summed E-state index contributed by atoms with van der Waals surface area (Å²) in [5, 5.41) is 10.7. The number of hydrogen-bond donors (Lipinski definition) is 1. The van der Waals surface area contributed by atoms with Gasteiger partial charge in [0.05, 0.1) is 5.25 Å². The lowest BCUT2D eigenvalue weighted by atomic mass is 10.1. The molecule has 4 rings (SSSR count). The molecule has 0 aliphatic heterocycles. The standard InChI is InChI=1S/C21H19ClN4OS/c1-3-26-20(14-8-10-15(22)11-9-14)24-25-21(26)28-13(2)19(27)17-12-23-18-7-5-4-6-16(17)18/h4-13,23H,3H2,1-2H3/t13-/m0/s1. The fourth-order valence-electron chi connectivity index (χ4n) is 3.18. The second-order valence-electron chi connectivity index (χ2n) is 6.43. The lowest BCUT2D eigenvalue weighted by molar-refractivity contribution is 0.0995. The first-order valence-electron chi connectivity index (χ1n) is 9.04. The minimum Gasteiger partial charge on any atom is -0.360 e. The Hall–Kier alpha value is -2.57. The molecule has 0 fully saturated rings. The van der Waals surface area contributed by atoms with Crippen molar-refractivity contribution < 1.29 is 4.79 Å². The van der Waals surface area contributed by atoms with Crippen molar-refractivity contribution in [3.8, 4) is 11.4 Å². The van der Waals surface area contributed by atoms with Crippen molar-refractivity contribution in [3.63, 3.8) is 0 Å². The third-order valence-corrected chi connectivity index (χ3v) is 5.97. The Bertz CT molecular complexity index is 1130. The number of Topliss-reactive ketones (excluding diaryl/α,β-unsaturated/α-hetero) is 1. The zero-order valence-electron chi connectivity index (χ0n) is 15.5. The highest BCUT2D eigenvalue weighted by atomic mass is 35.5. The van der Waals surface area contributed by atoms with Gasteiger partial charge in [0.1, 0.15) is 0 Å². The molecule has 7 heteroatoms. The van der Waals surface area contributed by atoms with E-state index in [1.54, 1.807) is 6.20 Å². The molecule has 0 saturated heterocycles. The predicted molar refractivity (Wildman–Crippen MR) is 114 cm³/mol. The molecule has 0 aliphatic rings. The van der Waals surface area contributed by atoms with E-state index in [9.17, 15) is 4.79 Å². The number of halogens is 1. The van der Waals surface area contributed by atoms with Crippen LogP contribution in [0.3, 0.4) is 0 Å². The second kappa shape index (κ2) is 7.81. The highest BCUT2D eigenvalue weighted by Crippen LogP contribution is 2.30. The molecular formula is C21H19ClN4OS. The SMILES string of the molecule is CCn1c(S[C@@H](C)C(=O)c2c[nH]c3ccccc23)nnc1-c1ccc(Cl)cc1. The van der Waals surface area contributed by atoms with Crippen LogP contribution in [-0.4, -0.2) is 30.8 Å². The van der Waals surface area contributed by atoms with Crippen LogP contribution < -0.4 is 0 Å². The lowest BCUT2D eigenvalue weighted by Crippen LogP contribution is -2.14. The number of aromatic amines is 1. The van der Waals surface area contributed by atoms with Crippen LogP contribution in [0.1, 0.15) is 24.2 Å². The van der Waals surface area contributed by atoms with Crippen LogP contribution in [0.2, 0.25) is 5.02 Å². The summed E-state index contributed by atoms with van der Waals surface area (Å²) in [6.45, 7) is 4.66. The number of H-pyrrole nitrogens is 1. The molecule has 5 nitrogen and oxygen atoms in total. The van der Waals surface area contributed by atoms with Crippen LogP contribution in [0.15, 0.2) is 59.9 Å². The first kappa shape index (κ1) is 18.8. The Morgan fingerprint density at radius 1 is 1.18 bits per heavy atom. The number of ketones is 1. The Labute approximate surface area is 172 Å². The molecule has 2 heterocycles. The highest BCUT2D eigenvalue weighted by Gasteiger charge is 2.23. The minimum absolute atomic E-state index is 0.0705. The molecule has 0 bridgehead atoms. The van der Waals surface area contributed by atoms with Gasteiger partial charge in [-0.15, -0.1) is 10.2 Å². The van der Waals surface area contributed by atoms with E-state index in [0.29, 0.717) is 17.1 Å². The maximum atomic E-state index is 13.0. The van der Waals surface area contributed by atoms with Crippen molar-refractivity contribution in [1.29, 1.82) is 0 Å². The summed E-state index contributed by atoms with van der Waals surface area (Å²) in [4.78, 5) is 16.2. The van der Waals surface area contributed by atoms with E-state index in [-0.39, 0.29) is 11.0 Å². The molecule has 0 aliphatic carbocycles. The number of hydrogen-bond acceptors (Lipinski definition) is 4. The number of aromatic nitrogens is 4. The quantitative estimate of drug-likeness (QED) is 0.338. The summed E-state index contributed by atoms with van der Waals surface area (Å²) in [5.74, 6) is 0.842. The molecule has 142 valence electrons. The molecule has 0 radical (unpaired) electrons. The molecule has 1 N–H and O–H groups in total. The predicted octanol–water partition coefficient (Wildman–Crippen LogP) is 5.46. The normalized spacial score (nSPS) is 12.4. The van der Waals surface area contributed by atoms with Gasteiger partial charge in [-0.25, -0.2) is 0 Å². The molecule has 1 atom stereocenters. The van der Waals surface area contributed by atoms with E-state index in [1.807, 2.05) is 66.9 Å². The fourth-order valence-corrected chi connectivity index (χ4v) is 4.29. The lowest BCUT2D eigenvalue weighted by Gasteiger charge is -2.11. The van der Waals surface area contributed by atoms with Gasteiger partial charge in [0.15, 0.2) is 16.8 Å². The first-order valence-corrected chi connectivity index (χ1v) is 10.3. The van der Waals surface area contributed by atoms with Gasteiger partial charge in [0.25, 0.3) is 0 Å². The van der Waals surface area contributed by atoms with E-state index < -0.39 is 0 Å². The largest absolute Gasteiger partial charge is 0.360 e. The van der Waals surface area contributed by atoms with Crippen molar-refractivity contribution in [2.75, 3.05) is 0 Å². The summed E-state index contributed by atoms with van der Waals surface area (Å²) in [6.07, 6.45) is 1.79. The molecule has 28 heavy (non-hydrogen) atoms. The number of carbonyl (C=O) groups excluding carboxylic acids is 1. The van der Waals surface area contributed by atoms with Gasteiger partial charge in [0.2, 0.25) is 0 Å². The number of thioether (sulfide) groups is 1. The Balaban J connectivity index is 1.60. The molecule has 0 amide bonds. The van der Waals surface area contributed by atoms with Gasteiger partial charge in [-0.1, -0.05) is 41.6 Å². The Kier molecular flexibility index (Phi) is 5.24. The van der Waals surface area contributed by atoms with E-state index in [4.69, 9.17) is 11.6 Å². The van der Waals surface area contributed by atoms with E-state index in [1.165, 1.54) is 11.8 Å². The smallest absolute Gasteiger partial charge is 0.192 e. The van der Waals surface area contributed by atoms with Crippen LogP contribution in [0.25, 0.3) is 22.3 Å². The summed E-state index contributed by atoms with van der Waals surface area (Å²) < 4.78 is 2.02. The topological polar surface area (TPSA) is 63.6 Å². The summed E-state index contributed by atoms with van der Waals surface area (Å²) in [6, 6.07) is 15.3. The number of nitrogens with zero attached hydrogens (tertiary/aromatic N) is 3. The Morgan fingerprint density at radius 2 is 1.93 bits per heavy atom. The summed E-state index contributed by atoms with van der Waals surface area (Å²) >= 11 is 7.41. The van der Waals surface area contributed by atoms with E-state index >= 15 is 0 Å². The van der Waals surface area contributed by atoms with Gasteiger partial charge < -0.3 is 9.55 Å². The minimum atomic E-state index is -0.285. The van der Waals surface area contributed by atoms with E-state index in [0.717, 1.165) is 27.4 Å². The van der Waals surface area contributed by atoms with Crippen molar-refractivity contribution in [3.05, 3.63) is 65.3 Å². The van der Waals surface area contributed by atoms with Crippen LogP contribution in [0, 0.1) is 0 Å². The summed E-state index contributed by atoms with van der Waals surface area (Å²) in [7, 11) is 0. The maximum absolute atomic E-state index is 13.0. The monoisotopic (exact) mass is 410 g/mol. The van der Waals surface area contributed by atoms with Crippen LogP contribution in [0.5, 0.6) is 0 Å². The third kappa shape index (κ3) is 3.45. The first-order chi connectivity index (χ1) is 13.6. The van der Waals surface area contributed by atoms with Crippen molar-refractivity contribution in [1.82, 2.24) is 19.7 Å². The zero-order chi connectivity index (χ0) is 19.7. The third-order valence-electron chi connectivity index (χ3n) is 4.64. The van der Waals surface area contributed by atoms with Gasteiger partial charge in [0, 0.05) is 39.8 Å². The maximum Gasteiger partial charge on any atom is 0.192 e. The van der Waals surface area contributed by atoms with Crippen molar-refractivity contribution in [2.45, 2.75) is 30.8 Å². The molecule has 4 aromatic rings. The number of carbonyl (C=O) groups is 1. The molecule has 0 spiro atoms. The number of nitrogens with one attached hydrogen (secondary N) is 1. The Morgan fingerprint density at radius 3 is 2.68 bits per heavy atom. The zero-order valence-corrected chi connectivity index (χ0v) is 17.1. The molecule has 0 unspecified atom stereocenters. The van der Waals surface area contributed by atoms with Crippen LogP contribution in [0.4, 0.5) is 0 Å². The number of para-hydroxylation sites is 1. The second-order valence-corrected chi connectivity index (χ2v) is 8.17. The van der Waals surface area contributed by atoms with E-state index in [2.05, 4.69) is 15.2 Å². The summed E-state index contributed by atoms with van der Waals surface area (Å²) in [5.41, 5.74) is 2.61. The molecule has 2 aromatic heterocycles. The molecule has 2 aromatic carbocycles. The van der Waals surface area contributed by atoms with Crippen molar-refractivity contribution in [2.24, 2.45) is 0 Å². The van der Waals surface area contributed by atoms with Gasteiger partial charge in [-0.3, -0.25) is 4.79 Å². The van der Waals surface area contributed by atoms with Gasteiger partial charge >= 0.3 is 0 Å². The average Bonchev–Trinajstić information content (AvgIpc) is 3.32. The van der Waals surface area contributed by atoms with Gasteiger partial charge in [-0.05, 0) is 44.2 Å². The van der Waals surface area contributed by atoms with Gasteiger partial charge in [-0.2, -0.15) is 0 Å². The number of rotatable bonds is 6. The van der Waals surface area contributed by atoms with Crippen LogP contribution >= 0.6 is 23.4 Å². The average molecular weight is 411 g/mol. The number of fused-ring (bicyclic) bond motifs is 1. The number of benzene rings is 2. The fraction of sp³-hybridized carbons (Fsp3) is 0.190.